The van der Waals surface area contributed by atoms with E-state index in [1.54, 1.807) is 0 Å². The number of ether oxygens (including phenoxy) is 1. The van der Waals surface area contributed by atoms with E-state index in [1.807, 2.05) is 18.2 Å². The van der Waals surface area contributed by atoms with Gasteiger partial charge in [-0.05, 0) is 37.7 Å². The molecule has 0 spiro atoms. The molecule has 20 heavy (non-hydrogen) atoms. The summed E-state index contributed by atoms with van der Waals surface area (Å²) in [6.07, 6.45) is 5.54. The fourth-order valence-corrected chi connectivity index (χ4v) is 3.05. The molecule has 4 heteroatoms. The van der Waals surface area contributed by atoms with Gasteiger partial charge in [-0.3, -0.25) is 0 Å². The number of carbonyl (C=O) groups is 1. The molecule has 108 valence electrons. The van der Waals surface area contributed by atoms with Crippen molar-refractivity contribution in [1.82, 2.24) is 10.6 Å². The average Bonchev–Trinajstić information content (AvgIpc) is 2.95. The van der Waals surface area contributed by atoms with E-state index >= 15 is 0 Å². The van der Waals surface area contributed by atoms with Crippen molar-refractivity contribution in [1.29, 1.82) is 0 Å². The van der Waals surface area contributed by atoms with Gasteiger partial charge in [0.25, 0.3) is 0 Å². The lowest BCUT2D eigenvalue weighted by Gasteiger charge is -2.43. The van der Waals surface area contributed by atoms with E-state index in [-0.39, 0.29) is 17.7 Å². The molecule has 2 amide bonds. The van der Waals surface area contributed by atoms with Crippen LogP contribution in [-0.4, -0.2) is 25.3 Å². The van der Waals surface area contributed by atoms with Gasteiger partial charge in [0.1, 0.15) is 0 Å². The zero-order valence-corrected chi connectivity index (χ0v) is 11.7. The molecule has 0 radical (unpaired) electrons. The summed E-state index contributed by atoms with van der Waals surface area (Å²) in [5, 5.41) is 6.11. The number of hydrogen-bond acceptors (Lipinski definition) is 2. The van der Waals surface area contributed by atoms with Crippen LogP contribution in [0.1, 0.15) is 37.7 Å². The Morgan fingerprint density at radius 1 is 1.25 bits per heavy atom. The molecule has 1 aromatic rings. The molecule has 1 aliphatic carbocycles. The first-order chi connectivity index (χ1) is 9.78. The van der Waals surface area contributed by atoms with Gasteiger partial charge in [0.05, 0.1) is 11.6 Å². The highest BCUT2D eigenvalue weighted by Crippen LogP contribution is 2.40. The molecule has 4 nitrogen and oxygen atoms in total. The van der Waals surface area contributed by atoms with Crippen LogP contribution in [0.25, 0.3) is 0 Å². The first kappa shape index (κ1) is 13.4. The highest BCUT2D eigenvalue weighted by molar-refractivity contribution is 5.75. The second-order valence-electron chi connectivity index (χ2n) is 5.77. The van der Waals surface area contributed by atoms with Gasteiger partial charge >= 0.3 is 6.03 Å². The van der Waals surface area contributed by atoms with Crippen molar-refractivity contribution in [2.45, 2.75) is 43.7 Å². The van der Waals surface area contributed by atoms with Gasteiger partial charge in [0, 0.05) is 13.2 Å². The van der Waals surface area contributed by atoms with Gasteiger partial charge < -0.3 is 15.4 Å². The van der Waals surface area contributed by atoms with Crippen LogP contribution in [0.15, 0.2) is 30.3 Å². The zero-order valence-electron chi connectivity index (χ0n) is 11.7. The quantitative estimate of drug-likeness (QED) is 0.886. The topological polar surface area (TPSA) is 50.4 Å². The predicted molar refractivity (Wildman–Crippen MR) is 77.5 cm³/mol. The number of carbonyl (C=O) groups excluding carboxylic acids is 1. The van der Waals surface area contributed by atoms with Crippen LogP contribution < -0.4 is 10.6 Å². The molecular weight excluding hydrogens is 252 g/mol. The van der Waals surface area contributed by atoms with Crippen LogP contribution in [0.3, 0.4) is 0 Å². The lowest BCUT2D eigenvalue weighted by molar-refractivity contribution is 0.109. The lowest BCUT2D eigenvalue weighted by atomic mass is 9.72. The van der Waals surface area contributed by atoms with Gasteiger partial charge in [-0.15, -0.1) is 0 Å². The summed E-state index contributed by atoms with van der Waals surface area (Å²) in [7, 11) is 0. The Morgan fingerprint density at radius 3 is 2.65 bits per heavy atom. The van der Waals surface area contributed by atoms with Gasteiger partial charge in [0.2, 0.25) is 0 Å². The largest absolute Gasteiger partial charge is 0.376 e. The Hall–Kier alpha value is -1.55. The van der Waals surface area contributed by atoms with Crippen LogP contribution in [0.4, 0.5) is 4.79 Å². The summed E-state index contributed by atoms with van der Waals surface area (Å²) < 4.78 is 5.52. The standard InChI is InChI=1S/C16H22N2O2/c19-15(17-12-14-8-4-11-20-14)18-16(9-5-10-16)13-6-2-1-3-7-13/h1-3,6-7,14H,4-5,8-12H2,(H2,17,18,19). The van der Waals surface area contributed by atoms with Crippen LogP contribution in [0, 0.1) is 0 Å². The van der Waals surface area contributed by atoms with Gasteiger partial charge in [-0.25, -0.2) is 4.79 Å². The van der Waals surface area contributed by atoms with Crippen molar-refractivity contribution < 1.29 is 9.53 Å². The van der Waals surface area contributed by atoms with Crippen molar-refractivity contribution >= 4 is 6.03 Å². The summed E-state index contributed by atoms with van der Waals surface area (Å²) in [6, 6.07) is 10.2. The summed E-state index contributed by atoms with van der Waals surface area (Å²) in [4.78, 5) is 12.1. The smallest absolute Gasteiger partial charge is 0.315 e. The third-order valence-electron chi connectivity index (χ3n) is 4.40. The molecule has 1 aliphatic heterocycles. The normalized spacial score (nSPS) is 23.9. The molecule has 2 aliphatic rings. The number of nitrogens with one attached hydrogen (secondary N) is 2. The molecule has 1 aromatic carbocycles. The maximum atomic E-state index is 12.1. The van der Waals surface area contributed by atoms with E-state index in [1.165, 1.54) is 12.0 Å². The Labute approximate surface area is 119 Å². The number of benzene rings is 1. The second kappa shape index (κ2) is 5.83. The van der Waals surface area contributed by atoms with Crippen molar-refractivity contribution in [3.63, 3.8) is 0 Å². The van der Waals surface area contributed by atoms with E-state index in [4.69, 9.17) is 4.74 Å². The second-order valence-corrected chi connectivity index (χ2v) is 5.77. The van der Waals surface area contributed by atoms with Crippen LogP contribution in [0.2, 0.25) is 0 Å². The SMILES string of the molecule is O=C(NCC1CCCO1)NC1(c2ccccc2)CCC1. The Balaban J connectivity index is 1.56. The maximum absolute atomic E-state index is 12.1. The zero-order chi connectivity index (χ0) is 13.8. The molecule has 1 unspecified atom stereocenters. The number of amides is 2. The third-order valence-corrected chi connectivity index (χ3v) is 4.40. The van der Waals surface area contributed by atoms with E-state index in [9.17, 15) is 4.79 Å². The maximum Gasteiger partial charge on any atom is 0.315 e. The van der Waals surface area contributed by atoms with Gasteiger partial charge in [-0.2, -0.15) is 0 Å². The van der Waals surface area contributed by atoms with E-state index in [2.05, 4.69) is 22.8 Å². The monoisotopic (exact) mass is 274 g/mol. The Morgan fingerprint density at radius 2 is 2.05 bits per heavy atom. The van der Waals surface area contributed by atoms with Crippen LogP contribution >= 0.6 is 0 Å². The van der Waals surface area contributed by atoms with E-state index in [0.29, 0.717) is 6.54 Å². The summed E-state index contributed by atoms with van der Waals surface area (Å²) in [5.41, 5.74) is 1.04. The highest BCUT2D eigenvalue weighted by Gasteiger charge is 2.39. The van der Waals surface area contributed by atoms with E-state index in [0.717, 1.165) is 32.3 Å². The molecule has 3 rings (SSSR count). The fourth-order valence-electron chi connectivity index (χ4n) is 3.05. The molecule has 1 saturated heterocycles. The van der Waals surface area contributed by atoms with Crippen LogP contribution in [-0.2, 0) is 10.3 Å². The minimum Gasteiger partial charge on any atom is -0.376 e. The summed E-state index contributed by atoms with van der Waals surface area (Å²) in [6.45, 7) is 1.43. The Bertz CT molecular complexity index is 451. The van der Waals surface area contributed by atoms with Gasteiger partial charge in [0.15, 0.2) is 0 Å². The number of urea groups is 1. The minimum absolute atomic E-state index is 0.0796. The van der Waals surface area contributed by atoms with Gasteiger partial charge in [-0.1, -0.05) is 30.3 Å². The molecule has 2 N–H and O–H groups in total. The average molecular weight is 274 g/mol. The highest BCUT2D eigenvalue weighted by atomic mass is 16.5. The Kier molecular flexibility index (Phi) is 3.92. The number of rotatable bonds is 4. The molecule has 0 aromatic heterocycles. The predicted octanol–water partition coefficient (Wildman–Crippen LogP) is 2.54. The molecule has 2 fully saturated rings. The first-order valence-electron chi connectivity index (χ1n) is 7.52. The lowest BCUT2D eigenvalue weighted by Crippen LogP contribution is -2.54. The van der Waals surface area contributed by atoms with Crippen molar-refractivity contribution in [2.24, 2.45) is 0 Å². The van der Waals surface area contributed by atoms with Crippen molar-refractivity contribution in [3.8, 4) is 0 Å². The van der Waals surface area contributed by atoms with E-state index < -0.39 is 0 Å². The summed E-state index contributed by atoms with van der Waals surface area (Å²) in [5.74, 6) is 0. The molecule has 0 bridgehead atoms. The first-order valence-corrected chi connectivity index (χ1v) is 7.52. The van der Waals surface area contributed by atoms with Crippen molar-refractivity contribution in [3.05, 3.63) is 35.9 Å². The van der Waals surface area contributed by atoms with Crippen LogP contribution in [0.5, 0.6) is 0 Å². The molecular formula is C16H22N2O2. The molecule has 1 atom stereocenters. The fraction of sp³-hybridized carbons (Fsp3) is 0.562. The van der Waals surface area contributed by atoms with Crippen molar-refractivity contribution in [2.75, 3.05) is 13.2 Å². The summed E-state index contributed by atoms with van der Waals surface area (Å²) >= 11 is 0. The number of hydrogen-bond donors (Lipinski definition) is 2. The third kappa shape index (κ3) is 2.80. The molecule has 1 heterocycles. The minimum atomic E-state index is -0.165. The molecule has 1 saturated carbocycles.